The Morgan fingerprint density at radius 3 is 2.28 bits per heavy atom. The third-order valence-corrected chi connectivity index (χ3v) is 8.78. The highest BCUT2D eigenvalue weighted by Crippen LogP contribution is 2.58. The van der Waals surface area contributed by atoms with Crippen molar-refractivity contribution in [1.82, 2.24) is 4.90 Å². The largest absolute Gasteiger partial charge is 0.479 e. The van der Waals surface area contributed by atoms with Gasteiger partial charge in [-0.15, -0.1) is 11.3 Å². The second-order valence-electron chi connectivity index (χ2n) is 10.2. The maximum Gasteiger partial charge on any atom is 0.330 e. The van der Waals surface area contributed by atoms with Crippen LogP contribution >= 0.6 is 11.3 Å². The van der Waals surface area contributed by atoms with Crippen LogP contribution in [-0.4, -0.2) is 33.2 Å². The zero-order chi connectivity index (χ0) is 28.1. The fourth-order valence-corrected chi connectivity index (χ4v) is 6.99. The first kappa shape index (κ1) is 26.6. The van der Waals surface area contributed by atoms with Crippen molar-refractivity contribution in [2.75, 3.05) is 0 Å². The molecule has 0 spiro atoms. The minimum absolute atomic E-state index is 0.109. The van der Waals surface area contributed by atoms with E-state index in [9.17, 15) is 23.9 Å². The van der Waals surface area contributed by atoms with Crippen molar-refractivity contribution in [3.63, 3.8) is 0 Å². The van der Waals surface area contributed by atoms with Crippen LogP contribution in [0.25, 0.3) is 0 Å². The van der Waals surface area contributed by atoms with E-state index in [2.05, 4.69) is 0 Å². The predicted octanol–water partition coefficient (Wildman–Crippen LogP) is 6.73. The summed E-state index contributed by atoms with van der Waals surface area (Å²) in [5.41, 5.74) is 0.679. The standard InChI is InChI=1S/C31H28FNO5S/c1-17-6-5-7-21(16-17)26-24(27(34)23-13-8-19(3)38-23)25(28-18(2)14-15-39-28)31(4,30(36)37)33(26)29(35)20-9-11-22(32)12-10-20/h5-16,24-26H,1-4H3,(H,36,37). The number of aryl methyl sites for hydroxylation is 3. The third kappa shape index (κ3) is 4.38. The minimum Gasteiger partial charge on any atom is -0.479 e. The summed E-state index contributed by atoms with van der Waals surface area (Å²) in [5.74, 6) is -3.93. The maximum absolute atomic E-state index is 14.3. The summed E-state index contributed by atoms with van der Waals surface area (Å²) in [7, 11) is 0. The van der Waals surface area contributed by atoms with Crippen LogP contribution < -0.4 is 0 Å². The second-order valence-corrected chi connectivity index (χ2v) is 11.2. The first-order valence-corrected chi connectivity index (χ1v) is 13.5. The van der Waals surface area contributed by atoms with Gasteiger partial charge in [-0.25, -0.2) is 9.18 Å². The number of nitrogens with zero attached hydrogens (tertiary/aromatic N) is 1. The molecule has 1 fully saturated rings. The molecule has 6 nitrogen and oxygen atoms in total. The Bertz CT molecular complexity index is 1570. The zero-order valence-corrected chi connectivity index (χ0v) is 22.8. The normalized spacial score (nSPS) is 22.7. The van der Waals surface area contributed by atoms with Gasteiger partial charge in [-0.2, -0.15) is 0 Å². The molecule has 1 aliphatic heterocycles. The number of benzene rings is 2. The first-order chi connectivity index (χ1) is 18.5. The van der Waals surface area contributed by atoms with Crippen LogP contribution in [0.15, 0.2) is 76.5 Å². The van der Waals surface area contributed by atoms with Gasteiger partial charge in [-0.05, 0) is 86.7 Å². The Morgan fingerprint density at radius 1 is 1.00 bits per heavy atom. The third-order valence-electron chi connectivity index (χ3n) is 7.68. The molecule has 1 N–H and O–H groups in total. The van der Waals surface area contributed by atoms with Crippen LogP contribution in [0.1, 0.15) is 67.1 Å². The topological polar surface area (TPSA) is 87.8 Å². The number of amides is 1. The smallest absolute Gasteiger partial charge is 0.330 e. The fourth-order valence-electron chi connectivity index (χ4n) is 5.79. The Morgan fingerprint density at radius 2 is 1.72 bits per heavy atom. The maximum atomic E-state index is 14.3. The zero-order valence-electron chi connectivity index (χ0n) is 22.0. The van der Waals surface area contributed by atoms with Crippen LogP contribution in [0.3, 0.4) is 0 Å². The van der Waals surface area contributed by atoms with Crippen molar-refractivity contribution in [3.8, 4) is 0 Å². The molecule has 2 aromatic carbocycles. The summed E-state index contributed by atoms with van der Waals surface area (Å²) < 4.78 is 19.5. The highest BCUT2D eigenvalue weighted by molar-refractivity contribution is 7.10. The fraction of sp³-hybridized carbons (Fsp3) is 0.258. The van der Waals surface area contributed by atoms with Gasteiger partial charge in [-0.1, -0.05) is 29.8 Å². The molecule has 39 heavy (non-hydrogen) atoms. The molecule has 8 heteroatoms. The van der Waals surface area contributed by atoms with E-state index in [1.165, 1.54) is 35.3 Å². The Balaban J connectivity index is 1.83. The number of carbonyl (C=O) groups is 3. The van der Waals surface area contributed by atoms with Crippen molar-refractivity contribution in [2.24, 2.45) is 5.92 Å². The van der Waals surface area contributed by atoms with Crippen LogP contribution in [-0.2, 0) is 4.79 Å². The summed E-state index contributed by atoms with van der Waals surface area (Å²) in [4.78, 5) is 43.9. The van der Waals surface area contributed by atoms with Crippen LogP contribution in [0.2, 0.25) is 0 Å². The number of ketones is 1. The predicted molar refractivity (Wildman–Crippen MR) is 146 cm³/mol. The molecular formula is C31H28FNO5S. The summed E-state index contributed by atoms with van der Waals surface area (Å²) in [6.07, 6.45) is 0. The van der Waals surface area contributed by atoms with Crippen molar-refractivity contribution < 1.29 is 28.3 Å². The highest BCUT2D eigenvalue weighted by Gasteiger charge is 2.65. The van der Waals surface area contributed by atoms with Gasteiger partial charge >= 0.3 is 5.97 Å². The van der Waals surface area contributed by atoms with Gasteiger partial charge in [0.05, 0.1) is 12.0 Å². The Hall–Kier alpha value is -4.04. The van der Waals surface area contributed by atoms with E-state index in [4.69, 9.17) is 4.42 Å². The summed E-state index contributed by atoms with van der Waals surface area (Å²) >= 11 is 1.37. The average Bonchev–Trinajstić information content (AvgIpc) is 3.59. The van der Waals surface area contributed by atoms with Gasteiger partial charge in [0.1, 0.15) is 17.1 Å². The molecule has 1 saturated heterocycles. The molecule has 4 aromatic rings. The van der Waals surface area contributed by atoms with E-state index in [1.807, 2.05) is 49.6 Å². The van der Waals surface area contributed by atoms with Crippen LogP contribution in [0.5, 0.6) is 0 Å². The second kappa shape index (κ2) is 9.93. The Kier molecular flexibility index (Phi) is 6.76. The van der Waals surface area contributed by atoms with Crippen LogP contribution in [0, 0.1) is 32.5 Å². The lowest BCUT2D eigenvalue weighted by Gasteiger charge is -2.38. The number of aliphatic carboxylic acids is 1. The lowest BCUT2D eigenvalue weighted by atomic mass is 9.74. The number of hydrogen-bond donors (Lipinski definition) is 1. The SMILES string of the molecule is Cc1cccc(C2C(C(=O)c3ccc(C)o3)C(c3sccc3C)C(C)(C(=O)O)N2C(=O)c2ccc(F)cc2)c1. The number of rotatable bonds is 6. The van der Waals surface area contributed by atoms with Crippen molar-refractivity contribution in [1.29, 1.82) is 0 Å². The molecule has 200 valence electrons. The summed E-state index contributed by atoms with van der Waals surface area (Å²) in [5, 5.41) is 12.7. The molecule has 5 rings (SSSR count). The number of likely N-dealkylation sites (tertiary alicyclic amines) is 1. The van der Waals surface area contributed by atoms with Gasteiger partial charge < -0.3 is 14.4 Å². The first-order valence-electron chi connectivity index (χ1n) is 12.6. The number of halogens is 1. The van der Waals surface area contributed by atoms with E-state index in [1.54, 1.807) is 19.1 Å². The number of thiophene rings is 1. The van der Waals surface area contributed by atoms with Gasteiger partial charge in [0.2, 0.25) is 5.78 Å². The summed E-state index contributed by atoms with van der Waals surface area (Å²) in [6.45, 7) is 7.01. The van der Waals surface area contributed by atoms with E-state index in [-0.39, 0.29) is 17.1 Å². The van der Waals surface area contributed by atoms with E-state index < -0.39 is 41.1 Å². The monoisotopic (exact) mass is 545 g/mol. The van der Waals surface area contributed by atoms with Gasteiger partial charge in [-0.3, -0.25) is 9.59 Å². The van der Waals surface area contributed by atoms with Gasteiger partial charge in [0.25, 0.3) is 5.91 Å². The molecule has 0 saturated carbocycles. The van der Waals surface area contributed by atoms with Gasteiger partial charge in [0.15, 0.2) is 5.76 Å². The lowest BCUT2D eigenvalue weighted by molar-refractivity contribution is -0.148. The van der Waals surface area contributed by atoms with Crippen molar-refractivity contribution >= 4 is 29.0 Å². The molecule has 4 unspecified atom stereocenters. The molecule has 0 radical (unpaired) electrons. The van der Waals surface area contributed by atoms with Crippen molar-refractivity contribution in [2.45, 2.75) is 45.2 Å². The summed E-state index contributed by atoms with van der Waals surface area (Å²) in [6, 6.07) is 16.6. The van der Waals surface area contributed by atoms with E-state index in [0.717, 1.165) is 23.3 Å². The van der Waals surface area contributed by atoms with E-state index in [0.29, 0.717) is 16.2 Å². The molecule has 4 atom stereocenters. The van der Waals surface area contributed by atoms with Crippen molar-refractivity contribution in [3.05, 3.63) is 117 Å². The number of furan rings is 1. The molecule has 1 amide bonds. The molecule has 0 bridgehead atoms. The van der Waals surface area contributed by atoms with Gasteiger partial charge in [0, 0.05) is 16.4 Å². The number of Topliss-reactive ketones (excluding diaryl/α,β-unsaturated/α-hetero) is 1. The number of hydrogen-bond acceptors (Lipinski definition) is 5. The Labute approximate surface area is 229 Å². The highest BCUT2D eigenvalue weighted by atomic mass is 32.1. The number of carbonyl (C=O) groups excluding carboxylic acids is 2. The minimum atomic E-state index is -1.82. The number of carboxylic acid groups (broad SMARTS) is 1. The molecule has 1 aliphatic rings. The lowest BCUT2D eigenvalue weighted by Crippen LogP contribution is -2.54. The molecule has 3 heterocycles. The number of carboxylic acids is 1. The molecule has 0 aliphatic carbocycles. The van der Waals surface area contributed by atoms with Crippen LogP contribution in [0.4, 0.5) is 4.39 Å². The molecule has 2 aromatic heterocycles. The molecular weight excluding hydrogens is 517 g/mol. The quantitative estimate of drug-likeness (QED) is 0.272. The van der Waals surface area contributed by atoms with E-state index >= 15 is 0 Å². The average molecular weight is 546 g/mol.